The van der Waals surface area contributed by atoms with Crippen LogP contribution >= 0.6 is 0 Å². The molecule has 0 fully saturated rings. The molecule has 2 aromatic rings. The van der Waals surface area contributed by atoms with Crippen molar-refractivity contribution in [2.24, 2.45) is 0 Å². The average molecular weight is 143 g/mol. The summed E-state index contributed by atoms with van der Waals surface area (Å²) in [6, 6.07) is 3.99. The van der Waals surface area contributed by atoms with Crippen LogP contribution in [0.5, 0.6) is 0 Å². The predicted octanol–water partition coefficient (Wildman–Crippen LogP) is 1.69. The summed E-state index contributed by atoms with van der Waals surface area (Å²) in [7, 11) is 0. The highest BCUT2D eigenvalue weighted by atomic mass is 15.1. The molecule has 2 heterocycles. The number of aromatic nitrogens is 2. The second-order valence-electron chi connectivity index (χ2n) is 2.54. The number of fused-ring (bicyclic) bond motifs is 3. The summed E-state index contributed by atoms with van der Waals surface area (Å²) >= 11 is 0. The minimum absolute atomic E-state index is 0.955. The summed E-state index contributed by atoms with van der Waals surface area (Å²) < 4.78 is 0. The first-order chi connectivity index (χ1) is 5.45. The van der Waals surface area contributed by atoms with Gasteiger partial charge in [-0.3, -0.25) is 9.97 Å². The third kappa shape index (κ3) is 0.570. The molecule has 0 amide bonds. The van der Waals surface area contributed by atoms with Crippen molar-refractivity contribution < 1.29 is 0 Å². The maximum absolute atomic E-state index is 4.21. The maximum atomic E-state index is 4.21. The van der Waals surface area contributed by atoms with E-state index in [1.165, 1.54) is 5.69 Å². The first-order valence-electron chi connectivity index (χ1n) is 3.46. The van der Waals surface area contributed by atoms with Crippen molar-refractivity contribution in [1.29, 1.82) is 0 Å². The topological polar surface area (TPSA) is 47.7 Å². The summed E-state index contributed by atoms with van der Waals surface area (Å²) in [6.45, 7) is 0. The Hall–Kier alpha value is -1.64. The van der Waals surface area contributed by atoms with E-state index in [9.17, 15) is 0 Å². The van der Waals surface area contributed by atoms with E-state index in [1.807, 2.05) is 12.1 Å². The van der Waals surface area contributed by atoms with E-state index in [0.29, 0.717) is 0 Å². The van der Waals surface area contributed by atoms with Crippen LogP contribution < -0.4 is 5.32 Å². The van der Waals surface area contributed by atoms with Crippen molar-refractivity contribution in [3.05, 3.63) is 24.5 Å². The zero-order valence-corrected chi connectivity index (χ0v) is 5.70. The number of hydrogen-bond acceptors (Lipinski definition) is 3. The smallest absolute Gasteiger partial charge is 0.114 e. The van der Waals surface area contributed by atoms with Gasteiger partial charge in [0.15, 0.2) is 0 Å². The lowest BCUT2D eigenvalue weighted by molar-refractivity contribution is 1.30. The second kappa shape index (κ2) is 1.50. The van der Waals surface area contributed by atoms with Crippen molar-refractivity contribution in [3.8, 4) is 0 Å². The largest absolute Gasteiger partial charge is 0.350 e. The lowest BCUT2D eigenvalue weighted by Gasteiger charge is -1.88. The van der Waals surface area contributed by atoms with E-state index in [2.05, 4.69) is 15.3 Å². The third-order valence-electron chi connectivity index (χ3n) is 1.84. The summed E-state index contributed by atoms with van der Waals surface area (Å²) in [5, 5.41) is 3.13. The van der Waals surface area contributed by atoms with Crippen molar-refractivity contribution in [2.75, 3.05) is 5.32 Å². The monoisotopic (exact) mass is 143 g/mol. The lowest BCUT2D eigenvalue weighted by atomic mass is 10.3. The van der Waals surface area contributed by atoms with E-state index < -0.39 is 0 Å². The molecular weight excluding hydrogens is 138 g/mol. The maximum Gasteiger partial charge on any atom is 0.114 e. The van der Waals surface area contributed by atoms with Gasteiger partial charge in [-0.25, -0.2) is 0 Å². The van der Waals surface area contributed by atoms with Gasteiger partial charge in [0.05, 0.1) is 16.9 Å². The van der Waals surface area contributed by atoms with Crippen LogP contribution in [0.1, 0.15) is 0 Å². The van der Waals surface area contributed by atoms with E-state index in [1.54, 1.807) is 12.4 Å². The zero-order valence-electron chi connectivity index (χ0n) is 5.70. The third-order valence-corrected chi connectivity index (χ3v) is 1.84. The van der Waals surface area contributed by atoms with Crippen molar-refractivity contribution in [1.82, 2.24) is 9.97 Å². The van der Waals surface area contributed by atoms with Crippen LogP contribution in [0.3, 0.4) is 0 Å². The number of nitrogens with zero attached hydrogens (tertiary/aromatic N) is 2. The van der Waals surface area contributed by atoms with Crippen LogP contribution in [0.15, 0.2) is 24.5 Å². The summed E-state index contributed by atoms with van der Waals surface area (Å²) in [5.74, 6) is 0. The molecule has 1 aliphatic heterocycles. The Labute approximate surface area is 63.1 Å². The number of anilines is 2. The highest BCUT2D eigenvalue weighted by Gasteiger charge is 2.19. The quantitative estimate of drug-likeness (QED) is 0.487. The van der Waals surface area contributed by atoms with Crippen molar-refractivity contribution in [2.45, 2.75) is 0 Å². The molecular formula is C8H5N3. The van der Waals surface area contributed by atoms with E-state index in [0.717, 1.165) is 16.7 Å². The summed E-state index contributed by atoms with van der Waals surface area (Å²) in [5.41, 5.74) is 4.25. The van der Waals surface area contributed by atoms with Crippen molar-refractivity contribution in [3.63, 3.8) is 0 Å². The Balaban J connectivity index is 2.56. The van der Waals surface area contributed by atoms with Gasteiger partial charge < -0.3 is 5.32 Å². The standard InChI is InChI=1S/C8H5N3/c1-2-6-8(11-6)7-5(1)9-3-4-10-7/h1-4,11H. The molecule has 1 aromatic carbocycles. The van der Waals surface area contributed by atoms with E-state index in [-0.39, 0.29) is 0 Å². The van der Waals surface area contributed by atoms with Crippen LogP contribution in [-0.4, -0.2) is 9.97 Å². The van der Waals surface area contributed by atoms with Gasteiger partial charge in [-0.2, -0.15) is 0 Å². The Bertz CT molecular complexity index is 436. The first kappa shape index (κ1) is 5.07. The van der Waals surface area contributed by atoms with Gasteiger partial charge in [0.2, 0.25) is 0 Å². The summed E-state index contributed by atoms with van der Waals surface area (Å²) in [6.07, 6.45) is 3.42. The van der Waals surface area contributed by atoms with Crippen LogP contribution in [0.2, 0.25) is 0 Å². The number of benzene rings is 1. The number of rotatable bonds is 0. The van der Waals surface area contributed by atoms with Gasteiger partial charge in [-0.05, 0) is 12.1 Å². The van der Waals surface area contributed by atoms with E-state index >= 15 is 0 Å². The first-order valence-corrected chi connectivity index (χ1v) is 3.46. The molecule has 3 nitrogen and oxygen atoms in total. The molecule has 52 valence electrons. The molecule has 0 unspecified atom stereocenters. The minimum Gasteiger partial charge on any atom is -0.350 e. The van der Waals surface area contributed by atoms with Gasteiger partial charge in [0.1, 0.15) is 5.52 Å². The number of hydrogen-bond donors (Lipinski definition) is 1. The zero-order chi connectivity index (χ0) is 7.26. The molecule has 0 saturated carbocycles. The molecule has 1 N–H and O–H groups in total. The molecule has 1 aromatic heterocycles. The fraction of sp³-hybridized carbons (Fsp3) is 0. The Morgan fingerprint density at radius 3 is 3.00 bits per heavy atom. The molecule has 0 spiro atoms. The highest BCUT2D eigenvalue weighted by Crippen LogP contribution is 2.42. The average Bonchev–Trinajstić information content (AvgIpc) is 2.83. The molecule has 1 aliphatic rings. The Kier molecular flexibility index (Phi) is 0.692. The normalized spacial score (nSPS) is 12.4. The molecule has 3 heteroatoms. The van der Waals surface area contributed by atoms with Gasteiger partial charge >= 0.3 is 0 Å². The molecule has 0 aliphatic carbocycles. The molecule has 0 bridgehead atoms. The molecule has 3 rings (SSSR count). The minimum atomic E-state index is 0.955. The van der Waals surface area contributed by atoms with Gasteiger partial charge in [0.25, 0.3) is 0 Å². The fourth-order valence-corrected chi connectivity index (χ4v) is 1.24. The van der Waals surface area contributed by atoms with Crippen LogP contribution in [0, 0.1) is 0 Å². The van der Waals surface area contributed by atoms with Gasteiger partial charge in [-0.15, -0.1) is 0 Å². The number of nitrogens with one attached hydrogen (secondary N) is 1. The molecule has 0 saturated heterocycles. The lowest BCUT2D eigenvalue weighted by Crippen LogP contribution is -1.77. The molecule has 11 heavy (non-hydrogen) atoms. The summed E-state index contributed by atoms with van der Waals surface area (Å²) in [4.78, 5) is 8.38. The van der Waals surface area contributed by atoms with Crippen LogP contribution in [-0.2, 0) is 0 Å². The molecule has 0 radical (unpaired) electrons. The second-order valence-corrected chi connectivity index (χ2v) is 2.54. The SMILES string of the molecule is c1cnc2c3c(ccc2n1)N3. The highest BCUT2D eigenvalue weighted by molar-refractivity contribution is 6.07. The van der Waals surface area contributed by atoms with Crippen LogP contribution in [0.25, 0.3) is 11.0 Å². The van der Waals surface area contributed by atoms with Gasteiger partial charge in [0, 0.05) is 12.4 Å². The van der Waals surface area contributed by atoms with E-state index in [4.69, 9.17) is 0 Å². The predicted molar refractivity (Wildman–Crippen MR) is 42.8 cm³/mol. The van der Waals surface area contributed by atoms with Crippen molar-refractivity contribution >= 4 is 22.4 Å². The Morgan fingerprint density at radius 1 is 1.09 bits per heavy atom. The molecule has 0 atom stereocenters. The van der Waals surface area contributed by atoms with Crippen LogP contribution in [0.4, 0.5) is 11.4 Å². The fourth-order valence-electron chi connectivity index (χ4n) is 1.24. The Morgan fingerprint density at radius 2 is 2.00 bits per heavy atom. The van der Waals surface area contributed by atoms with Gasteiger partial charge in [-0.1, -0.05) is 0 Å².